The van der Waals surface area contributed by atoms with E-state index >= 15 is 0 Å². The smallest absolute Gasteiger partial charge is 0.243 e. The Bertz CT molecular complexity index is 556. The van der Waals surface area contributed by atoms with E-state index in [-0.39, 0.29) is 0 Å². The summed E-state index contributed by atoms with van der Waals surface area (Å²) >= 11 is 0. The molecule has 0 radical (unpaired) electrons. The summed E-state index contributed by atoms with van der Waals surface area (Å²) in [6, 6.07) is 3.22. The molecule has 0 bridgehead atoms. The molecule has 2 rings (SSSR count). The second kappa shape index (κ2) is 7.22. The highest BCUT2D eigenvalue weighted by molar-refractivity contribution is 7.89. The summed E-state index contributed by atoms with van der Waals surface area (Å²) in [4.78, 5) is 4.51. The van der Waals surface area contributed by atoms with Crippen LogP contribution in [-0.2, 0) is 10.0 Å². The number of anilines is 1. The monoisotopic (exact) mass is 311 g/mol. The molecule has 0 spiro atoms. The third-order valence-electron chi connectivity index (χ3n) is 3.56. The molecule has 1 heterocycles. The van der Waals surface area contributed by atoms with Gasteiger partial charge in [-0.2, -0.15) is 4.31 Å². The van der Waals surface area contributed by atoms with Gasteiger partial charge in [0.2, 0.25) is 10.0 Å². The van der Waals surface area contributed by atoms with Gasteiger partial charge in [-0.3, -0.25) is 0 Å². The van der Waals surface area contributed by atoms with Crippen molar-refractivity contribution in [3.63, 3.8) is 0 Å². The quantitative estimate of drug-likeness (QED) is 0.761. The van der Waals surface area contributed by atoms with Crippen LogP contribution in [0.4, 0.5) is 5.82 Å². The normalized spacial score (nSPS) is 15.4. The molecular formula is C15H25N3O2S. The Labute approximate surface area is 127 Å². The lowest BCUT2D eigenvalue weighted by molar-refractivity contribution is 0.395. The minimum Gasteiger partial charge on any atom is -0.370 e. The first-order chi connectivity index (χ1) is 10.1. The van der Waals surface area contributed by atoms with Gasteiger partial charge < -0.3 is 5.32 Å². The molecule has 0 aromatic carbocycles. The Morgan fingerprint density at radius 2 is 2.10 bits per heavy atom. The summed E-state index contributed by atoms with van der Waals surface area (Å²) in [5, 5.41) is 3.14. The van der Waals surface area contributed by atoms with E-state index < -0.39 is 10.0 Å². The van der Waals surface area contributed by atoms with Crippen LogP contribution in [0, 0.1) is 5.92 Å². The number of rotatable bonds is 9. The number of sulfonamides is 1. The van der Waals surface area contributed by atoms with Gasteiger partial charge in [-0.25, -0.2) is 13.4 Å². The van der Waals surface area contributed by atoms with Crippen LogP contribution in [0.3, 0.4) is 0 Å². The third-order valence-corrected chi connectivity index (χ3v) is 5.42. The molecule has 21 heavy (non-hydrogen) atoms. The van der Waals surface area contributed by atoms with Gasteiger partial charge in [0.1, 0.15) is 5.82 Å². The van der Waals surface area contributed by atoms with Gasteiger partial charge in [0.05, 0.1) is 4.90 Å². The van der Waals surface area contributed by atoms with E-state index in [1.54, 1.807) is 22.6 Å². The maximum Gasteiger partial charge on any atom is 0.243 e. The molecule has 0 unspecified atom stereocenters. The molecule has 0 amide bonds. The van der Waals surface area contributed by atoms with Crippen molar-refractivity contribution in [1.82, 2.24) is 9.29 Å². The SMILES string of the molecule is CCCNc1cc(S(=O)(=O)N(CCC)CC2CC2)ccn1. The van der Waals surface area contributed by atoms with Gasteiger partial charge in [-0.1, -0.05) is 13.8 Å². The van der Waals surface area contributed by atoms with Crippen molar-refractivity contribution < 1.29 is 8.42 Å². The van der Waals surface area contributed by atoms with E-state index in [0.29, 0.717) is 29.7 Å². The zero-order valence-corrected chi connectivity index (χ0v) is 13.7. The van der Waals surface area contributed by atoms with Crippen molar-refractivity contribution in [2.75, 3.05) is 25.0 Å². The van der Waals surface area contributed by atoms with E-state index in [2.05, 4.69) is 17.2 Å². The van der Waals surface area contributed by atoms with E-state index in [9.17, 15) is 8.42 Å². The molecule has 0 saturated heterocycles. The lowest BCUT2D eigenvalue weighted by atomic mass is 10.4. The fourth-order valence-electron chi connectivity index (χ4n) is 2.22. The fourth-order valence-corrected chi connectivity index (χ4v) is 3.84. The Hall–Kier alpha value is -1.14. The number of hydrogen-bond acceptors (Lipinski definition) is 4. The largest absolute Gasteiger partial charge is 0.370 e. The summed E-state index contributed by atoms with van der Waals surface area (Å²) in [5.41, 5.74) is 0. The van der Waals surface area contributed by atoms with Crippen LogP contribution in [0.1, 0.15) is 39.5 Å². The number of pyridine rings is 1. The van der Waals surface area contributed by atoms with Gasteiger partial charge in [0.25, 0.3) is 0 Å². The molecule has 1 aromatic rings. The van der Waals surface area contributed by atoms with Crippen molar-refractivity contribution in [2.45, 2.75) is 44.4 Å². The summed E-state index contributed by atoms with van der Waals surface area (Å²) in [5.74, 6) is 1.17. The van der Waals surface area contributed by atoms with Gasteiger partial charge in [-0.15, -0.1) is 0 Å². The maximum atomic E-state index is 12.8. The Morgan fingerprint density at radius 3 is 2.71 bits per heavy atom. The molecule has 1 fully saturated rings. The van der Waals surface area contributed by atoms with Gasteiger partial charge in [-0.05, 0) is 37.7 Å². The number of nitrogens with one attached hydrogen (secondary N) is 1. The van der Waals surface area contributed by atoms with Crippen molar-refractivity contribution in [3.8, 4) is 0 Å². The Balaban J connectivity index is 2.19. The molecule has 5 nitrogen and oxygen atoms in total. The lowest BCUT2D eigenvalue weighted by Crippen LogP contribution is -2.33. The first kappa shape index (κ1) is 16.2. The first-order valence-corrected chi connectivity index (χ1v) is 9.22. The van der Waals surface area contributed by atoms with E-state index in [0.717, 1.165) is 32.2 Å². The first-order valence-electron chi connectivity index (χ1n) is 7.78. The Kier molecular flexibility index (Phi) is 5.58. The van der Waals surface area contributed by atoms with Crippen molar-refractivity contribution in [3.05, 3.63) is 18.3 Å². The highest BCUT2D eigenvalue weighted by Crippen LogP contribution is 2.31. The van der Waals surface area contributed by atoms with E-state index in [1.807, 2.05) is 6.92 Å². The molecular weight excluding hydrogens is 286 g/mol. The molecule has 1 saturated carbocycles. The van der Waals surface area contributed by atoms with Crippen LogP contribution < -0.4 is 5.32 Å². The predicted molar refractivity (Wildman–Crippen MR) is 84.8 cm³/mol. The maximum absolute atomic E-state index is 12.8. The molecule has 118 valence electrons. The fraction of sp³-hybridized carbons (Fsp3) is 0.667. The highest BCUT2D eigenvalue weighted by atomic mass is 32.2. The molecule has 6 heteroatoms. The molecule has 1 N–H and O–H groups in total. The van der Waals surface area contributed by atoms with Crippen molar-refractivity contribution >= 4 is 15.8 Å². The lowest BCUT2D eigenvalue weighted by Gasteiger charge is -2.21. The number of aromatic nitrogens is 1. The average molecular weight is 311 g/mol. The standard InChI is InChI=1S/C15H25N3O2S/c1-3-8-16-15-11-14(7-9-17-15)21(19,20)18(10-4-2)12-13-5-6-13/h7,9,11,13H,3-6,8,10,12H2,1-2H3,(H,16,17). The van der Waals surface area contributed by atoms with Crippen molar-refractivity contribution in [2.24, 2.45) is 5.92 Å². The Morgan fingerprint density at radius 1 is 1.33 bits per heavy atom. The second-order valence-corrected chi connectivity index (χ2v) is 7.55. The van der Waals surface area contributed by atoms with Crippen LogP contribution in [0.5, 0.6) is 0 Å². The summed E-state index contributed by atoms with van der Waals surface area (Å²) in [7, 11) is -3.41. The average Bonchev–Trinajstić information content (AvgIpc) is 3.29. The topological polar surface area (TPSA) is 62.3 Å². The minimum absolute atomic E-state index is 0.338. The van der Waals surface area contributed by atoms with Gasteiger partial charge in [0.15, 0.2) is 0 Å². The molecule has 0 atom stereocenters. The summed E-state index contributed by atoms with van der Waals surface area (Å²) in [6.07, 6.45) is 5.66. The summed E-state index contributed by atoms with van der Waals surface area (Å²) < 4.78 is 27.2. The molecule has 1 aliphatic rings. The third kappa shape index (κ3) is 4.41. The zero-order chi connectivity index (χ0) is 15.3. The van der Waals surface area contributed by atoms with Crippen LogP contribution >= 0.6 is 0 Å². The van der Waals surface area contributed by atoms with Crippen LogP contribution in [0.2, 0.25) is 0 Å². The van der Waals surface area contributed by atoms with Crippen LogP contribution in [0.15, 0.2) is 23.2 Å². The number of nitrogens with zero attached hydrogens (tertiary/aromatic N) is 2. The van der Waals surface area contributed by atoms with E-state index in [1.165, 1.54) is 0 Å². The van der Waals surface area contributed by atoms with E-state index in [4.69, 9.17) is 0 Å². The minimum atomic E-state index is -3.41. The zero-order valence-electron chi connectivity index (χ0n) is 12.9. The number of hydrogen-bond donors (Lipinski definition) is 1. The van der Waals surface area contributed by atoms with Crippen LogP contribution in [-0.4, -0.2) is 37.3 Å². The van der Waals surface area contributed by atoms with Crippen molar-refractivity contribution in [1.29, 1.82) is 0 Å². The predicted octanol–water partition coefficient (Wildman–Crippen LogP) is 2.71. The van der Waals surface area contributed by atoms with Gasteiger partial charge in [0, 0.05) is 31.9 Å². The second-order valence-electron chi connectivity index (χ2n) is 5.61. The van der Waals surface area contributed by atoms with Crippen LogP contribution in [0.25, 0.3) is 0 Å². The molecule has 1 aromatic heterocycles. The highest BCUT2D eigenvalue weighted by Gasteiger charge is 2.31. The summed E-state index contributed by atoms with van der Waals surface area (Å²) in [6.45, 7) is 6.09. The molecule has 0 aliphatic heterocycles. The molecule has 1 aliphatic carbocycles. The van der Waals surface area contributed by atoms with Gasteiger partial charge >= 0.3 is 0 Å².